The topological polar surface area (TPSA) is 77.8 Å². The van der Waals surface area contributed by atoms with Gasteiger partial charge in [0.05, 0.1) is 11.7 Å². The summed E-state index contributed by atoms with van der Waals surface area (Å²) in [6, 6.07) is 4.48. The molecule has 3 N–H and O–H groups in total. The Morgan fingerprint density at radius 2 is 2.00 bits per heavy atom. The van der Waals surface area contributed by atoms with Gasteiger partial charge in [0, 0.05) is 12.0 Å². The van der Waals surface area contributed by atoms with E-state index in [0.29, 0.717) is 11.1 Å². The van der Waals surface area contributed by atoms with E-state index in [1.165, 1.54) is 39.0 Å². The highest BCUT2D eigenvalue weighted by atomic mass is 16.3. The number of hydrogen-bond donors (Lipinski definition) is 3. The smallest absolute Gasteiger partial charge is 0.159 e. The third-order valence-corrected chi connectivity index (χ3v) is 2.71. The summed E-state index contributed by atoms with van der Waals surface area (Å²) in [5.74, 6) is -0.0951. The molecule has 0 bridgehead atoms. The lowest BCUT2D eigenvalue weighted by atomic mass is 9.93. The first-order valence-electron chi connectivity index (χ1n) is 5.45. The number of hydrogen-bond acceptors (Lipinski definition) is 4. The highest BCUT2D eigenvalue weighted by Crippen LogP contribution is 2.23. The molecule has 0 saturated carbocycles. The maximum atomic E-state index is 11.2. The number of aliphatic hydroxyl groups is 2. The summed E-state index contributed by atoms with van der Waals surface area (Å²) in [5.41, 5.74) is -0.327. The van der Waals surface area contributed by atoms with Gasteiger partial charge in [0.2, 0.25) is 0 Å². The van der Waals surface area contributed by atoms with Crippen molar-refractivity contribution in [2.24, 2.45) is 0 Å². The summed E-state index contributed by atoms with van der Waals surface area (Å²) in [6.07, 6.45) is -0.910. The van der Waals surface area contributed by atoms with Crippen molar-refractivity contribution >= 4 is 5.78 Å². The van der Waals surface area contributed by atoms with E-state index in [1.54, 1.807) is 0 Å². The highest BCUT2D eigenvalue weighted by Gasteiger charge is 2.25. The van der Waals surface area contributed by atoms with E-state index in [-0.39, 0.29) is 18.0 Å². The van der Waals surface area contributed by atoms with Crippen LogP contribution in [-0.2, 0) is 6.42 Å². The van der Waals surface area contributed by atoms with Crippen LogP contribution >= 0.6 is 0 Å². The molecule has 0 aliphatic heterocycles. The highest BCUT2D eigenvalue weighted by molar-refractivity contribution is 5.94. The minimum atomic E-state index is -1.25. The summed E-state index contributed by atoms with van der Waals surface area (Å²) in [4.78, 5) is 11.2. The molecule has 1 rings (SSSR count). The second kappa shape index (κ2) is 4.85. The lowest BCUT2D eigenvalue weighted by molar-refractivity contribution is -0.0471. The molecule has 0 spiro atoms. The number of aliphatic hydroxyl groups excluding tert-OH is 1. The van der Waals surface area contributed by atoms with Crippen LogP contribution in [0.25, 0.3) is 0 Å². The van der Waals surface area contributed by atoms with E-state index < -0.39 is 11.7 Å². The second-order valence-electron chi connectivity index (χ2n) is 4.77. The number of phenols is 1. The van der Waals surface area contributed by atoms with Gasteiger partial charge in [-0.05, 0) is 44.5 Å². The molecular formula is C13H18O4. The van der Waals surface area contributed by atoms with Gasteiger partial charge in [-0.15, -0.1) is 0 Å². The molecule has 0 aliphatic carbocycles. The summed E-state index contributed by atoms with van der Waals surface area (Å²) < 4.78 is 0. The number of carbonyl (C=O) groups is 1. The van der Waals surface area contributed by atoms with Crippen molar-refractivity contribution in [3.63, 3.8) is 0 Å². The number of benzene rings is 1. The Labute approximate surface area is 101 Å². The van der Waals surface area contributed by atoms with E-state index >= 15 is 0 Å². The largest absolute Gasteiger partial charge is 0.508 e. The maximum Gasteiger partial charge on any atom is 0.159 e. The molecule has 17 heavy (non-hydrogen) atoms. The Kier molecular flexibility index (Phi) is 3.91. The van der Waals surface area contributed by atoms with Crippen LogP contribution in [-0.4, -0.2) is 32.8 Å². The number of ketones is 1. The molecule has 1 aromatic rings. The summed E-state index contributed by atoms with van der Waals surface area (Å²) in [7, 11) is 0. The molecule has 0 aromatic heterocycles. The summed E-state index contributed by atoms with van der Waals surface area (Å²) in [6.45, 7) is 4.41. The molecule has 0 amide bonds. The van der Waals surface area contributed by atoms with Gasteiger partial charge >= 0.3 is 0 Å². The molecule has 1 aromatic carbocycles. The molecule has 4 heteroatoms. The van der Waals surface area contributed by atoms with Crippen molar-refractivity contribution in [2.45, 2.75) is 38.9 Å². The van der Waals surface area contributed by atoms with Gasteiger partial charge in [0.1, 0.15) is 5.75 Å². The average molecular weight is 238 g/mol. The van der Waals surface area contributed by atoms with Crippen molar-refractivity contribution in [1.29, 1.82) is 0 Å². The number of Topliss-reactive ketones (excluding diaryl/α,β-unsaturated/α-hetero) is 1. The van der Waals surface area contributed by atoms with Crippen molar-refractivity contribution in [3.8, 4) is 5.75 Å². The monoisotopic (exact) mass is 238 g/mol. The standard InChI is InChI=1S/C13H18O4/c1-8(14)9-4-5-11(15)10(6-9)7-12(16)13(2,3)17/h4-6,12,15-17H,7H2,1-3H3/t12-/m0/s1. The number of aromatic hydroxyl groups is 1. The molecule has 94 valence electrons. The van der Waals surface area contributed by atoms with E-state index in [0.717, 1.165) is 0 Å². The Hall–Kier alpha value is -1.39. The van der Waals surface area contributed by atoms with Crippen molar-refractivity contribution in [1.82, 2.24) is 0 Å². The van der Waals surface area contributed by atoms with Crippen molar-refractivity contribution in [2.75, 3.05) is 0 Å². The minimum absolute atomic E-state index is 0.0123. The first-order chi connectivity index (χ1) is 7.71. The van der Waals surface area contributed by atoms with Gasteiger partial charge in [-0.1, -0.05) is 0 Å². The van der Waals surface area contributed by atoms with E-state index in [4.69, 9.17) is 0 Å². The second-order valence-corrected chi connectivity index (χ2v) is 4.77. The molecule has 0 unspecified atom stereocenters. The molecule has 0 heterocycles. The first kappa shape index (κ1) is 13.7. The quantitative estimate of drug-likeness (QED) is 0.690. The third kappa shape index (κ3) is 3.54. The molecule has 4 nitrogen and oxygen atoms in total. The average Bonchev–Trinajstić information content (AvgIpc) is 2.19. The molecule has 0 saturated heterocycles. The Bertz CT molecular complexity index is 418. The zero-order valence-electron chi connectivity index (χ0n) is 10.3. The van der Waals surface area contributed by atoms with Crippen LogP contribution in [0.1, 0.15) is 36.7 Å². The maximum absolute atomic E-state index is 11.2. The fourth-order valence-electron chi connectivity index (χ4n) is 1.43. The van der Waals surface area contributed by atoms with E-state index in [1.807, 2.05) is 0 Å². The molecule has 0 fully saturated rings. The predicted molar refractivity (Wildman–Crippen MR) is 64.1 cm³/mol. The SMILES string of the molecule is CC(=O)c1ccc(O)c(C[C@H](O)C(C)(C)O)c1. The van der Waals surface area contributed by atoms with Gasteiger partial charge in [0.15, 0.2) is 5.78 Å². The van der Waals surface area contributed by atoms with Gasteiger partial charge in [-0.3, -0.25) is 4.79 Å². The van der Waals surface area contributed by atoms with Gasteiger partial charge < -0.3 is 15.3 Å². The van der Waals surface area contributed by atoms with Gasteiger partial charge in [-0.2, -0.15) is 0 Å². The lowest BCUT2D eigenvalue weighted by Gasteiger charge is -2.24. The first-order valence-corrected chi connectivity index (χ1v) is 5.45. The Balaban J connectivity index is 2.98. The van der Waals surface area contributed by atoms with Crippen LogP contribution in [0.4, 0.5) is 0 Å². The van der Waals surface area contributed by atoms with Crippen LogP contribution in [0.3, 0.4) is 0 Å². The van der Waals surface area contributed by atoms with Crippen LogP contribution in [0.5, 0.6) is 5.75 Å². The number of rotatable bonds is 4. The number of carbonyl (C=O) groups excluding carboxylic acids is 1. The molecule has 1 atom stereocenters. The van der Waals surface area contributed by atoms with Crippen LogP contribution in [0.2, 0.25) is 0 Å². The van der Waals surface area contributed by atoms with Gasteiger partial charge in [0.25, 0.3) is 0 Å². The molecule has 0 aliphatic rings. The number of phenolic OH excluding ortho intramolecular Hbond substituents is 1. The zero-order chi connectivity index (χ0) is 13.2. The fourth-order valence-corrected chi connectivity index (χ4v) is 1.43. The Morgan fingerprint density at radius 3 is 2.47 bits per heavy atom. The van der Waals surface area contributed by atoms with Crippen LogP contribution < -0.4 is 0 Å². The van der Waals surface area contributed by atoms with E-state index in [2.05, 4.69) is 0 Å². The summed E-state index contributed by atoms with van der Waals surface area (Å²) >= 11 is 0. The van der Waals surface area contributed by atoms with Crippen LogP contribution in [0, 0.1) is 0 Å². The van der Waals surface area contributed by atoms with Gasteiger partial charge in [-0.25, -0.2) is 0 Å². The normalized spacial score (nSPS) is 13.5. The molecule has 0 radical (unpaired) electrons. The third-order valence-electron chi connectivity index (χ3n) is 2.71. The van der Waals surface area contributed by atoms with Crippen LogP contribution in [0.15, 0.2) is 18.2 Å². The zero-order valence-corrected chi connectivity index (χ0v) is 10.3. The minimum Gasteiger partial charge on any atom is -0.508 e. The fraction of sp³-hybridized carbons (Fsp3) is 0.462. The Morgan fingerprint density at radius 1 is 1.41 bits per heavy atom. The van der Waals surface area contributed by atoms with Crippen molar-refractivity contribution in [3.05, 3.63) is 29.3 Å². The predicted octanol–water partition coefficient (Wildman–Crippen LogP) is 1.27. The molecular weight excluding hydrogens is 220 g/mol. The van der Waals surface area contributed by atoms with E-state index in [9.17, 15) is 20.1 Å². The van der Waals surface area contributed by atoms with Crippen molar-refractivity contribution < 1.29 is 20.1 Å². The summed E-state index contributed by atoms with van der Waals surface area (Å²) in [5, 5.41) is 29.0. The lowest BCUT2D eigenvalue weighted by Crippen LogP contribution is -2.37.